The molecule has 2 atom stereocenters. The molecule has 0 aliphatic rings. The number of halogens is 1. The first kappa shape index (κ1) is 14.5. The molecule has 1 aromatic rings. The number of rotatable bonds is 6. The molecule has 0 aromatic carbocycles. The van der Waals surface area contributed by atoms with Gasteiger partial charge in [-0.2, -0.15) is 5.10 Å². The lowest BCUT2D eigenvalue weighted by Gasteiger charge is -2.16. The summed E-state index contributed by atoms with van der Waals surface area (Å²) in [5.41, 5.74) is 8.16. The van der Waals surface area contributed by atoms with Crippen molar-refractivity contribution in [3.05, 3.63) is 16.4 Å². The predicted molar refractivity (Wildman–Crippen MR) is 70.3 cm³/mol. The van der Waals surface area contributed by atoms with Gasteiger partial charge in [-0.3, -0.25) is 4.68 Å². The Bertz CT molecular complexity index is 365. The molecule has 0 bridgehead atoms. The summed E-state index contributed by atoms with van der Waals surface area (Å²) in [6.07, 6.45) is 1.70. The lowest BCUT2D eigenvalue weighted by molar-refractivity contribution is 0.152. The molecule has 2 unspecified atom stereocenters. The highest BCUT2D eigenvalue weighted by Gasteiger charge is 2.16. The van der Waals surface area contributed by atoms with E-state index in [0.29, 0.717) is 11.1 Å². The third kappa shape index (κ3) is 3.98. The Hall–Kier alpha value is -0.580. The van der Waals surface area contributed by atoms with E-state index in [9.17, 15) is 0 Å². The van der Waals surface area contributed by atoms with Crippen LogP contribution in [-0.4, -0.2) is 29.5 Å². The number of methoxy groups -OCH3 is 1. The summed E-state index contributed by atoms with van der Waals surface area (Å²) >= 11 is 6.18. The first-order valence-electron chi connectivity index (χ1n) is 5.88. The molecule has 17 heavy (non-hydrogen) atoms. The van der Waals surface area contributed by atoms with Crippen molar-refractivity contribution in [3.63, 3.8) is 0 Å². The van der Waals surface area contributed by atoms with Gasteiger partial charge in [0, 0.05) is 32.4 Å². The lowest BCUT2D eigenvalue weighted by atomic mass is 9.98. The molecular formula is C12H22ClN3O. The zero-order chi connectivity index (χ0) is 13.0. The molecule has 5 heteroatoms. The minimum absolute atomic E-state index is 0.0977. The van der Waals surface area contributed by atoms with Gasteiger partial charge in [0.05, 0.1) is 5.69 Å². The number of nitrogens with two attached hydrogens (primary N) is 1. The van der Waals surface area contributed by atoms with Crippen molar-refractivity contribution < 1.29 is 4.74 Å². The van der Waals surface area contributed by atoms with Crippen molar-refractivity contribution in [3.8, 4) is 0 Å². The Morgan fingerprint density at radius 1 is 1.53 bits per heavy atom. The summed E-state index contributed by atoms with van der Waals surface area (Å²) in [7, 11) is 3.56. The van der Waals surface area contributed by atoms with Gasteiger partial charge in [0.2, 0.25) is 0 Å². The summed E-state index contributed by atoms with van der Waals surface area (Å²) in [5, 5.41) is 4.98. The minimum Gasteiger partial charge on any atom is -0.384 e. The van der Waals surface area contributed by atoms with Crippen LogP contribution in [-0.2, 0) is 18.2 Å². The monoisotopic (exact) mass is 259 g/mol. The lowest BCUT2D eigenvalue weighted by Crippen LogP contribution is -2.27. The SMILES string of the molecule is COCC(C)CC(N)Cc1c(C)nn(C)c1Cl. The minimum atomic E-state index is 0.0977. The highest BCUT2D eigenvalue weighted by Crippen LogP contribution is 2.21. The van der Waals surface area contributed by atoms with Gasteiger partial charge in [-0.25, -0.2) is 0 Å². The maximum Gasteiger partial charge on any atom is 0.130 e. The van der Waals surface area contributed by atoms with Crippen molar-refractivity contribution in [2.45, 2.75) is 32.7 Å². The maximum atomic E-state index is 6.18. The second-order valence-corrected chi connectivity index (χ2v) is 5.10. The summed E-state index contributed by atoms with van der Waals surface area (Å²) < 4.78 is 6.80. The third-order valence-electron chi connectivity index (χ3n) is 2.89. The first-order valence-corrected chi connectivity index (χ1v) is 6.26. The molecule has 1 rings (SSSR count). The van der Waals surface area contributed by atoms with Gasteiger partial charge < -0.3 is 10.5 Å². The molecule has 2 N–H and O–H groups in total. The van der Waals surface area contributed by atoms with E-state index in [1.165, 1.54) is 0 Å². The number of nitrogens with zero attached hydrogens (tertiary/aromatic N) is 2. The molecular weight excluding hydrogens is 238 g/mol. The smallest absolute Gasteiger partial charge is 0.130 e. The van der Waals surface area contributed by atoms with Gasteiger partial charge >= 0.3 is 0 Å². The molecule has 98 valence electrons. The van der Waals surface area contributed by atoms with Gasteiger partial charge in [0.25, 0.3) is 0 Å². The van der Waals surface area contributed by atoms with E-state index in [1.807, 2.05) is 14.0 Å². The Morgan fingerprint density at radius 3 is 2.65 bits per heavy atom. The molecule has 0 aliphatic heterocycles. The second-order valence-electron chi connectivity index (χ2n) is 4.74. The van der Waals surface area contributed by atoms with Crippen LogP contribution in [0.2, 0.25) is 5.15 Å². The highest BCUT2D eigenvalue weighted by atomic mass is 35.5. The highest BCUT2D eigenvalue weighted by molar-refractivity contribution is 6.30. The van der Waals surface area contributed by atoms with Crippen LogP contribution in [0.1, 0.15) is 24.6 Å². The number of hydrogen-bond acceptors (Lipinski definition) is 3. The van der Waals surface area contributed by atoms with Crippen LogP contribution in [0, 0.1) is 12.8 Å². The Morgan fingerprint density at radius 2 is 2.18 bits per heavy atom. The Kier molecular flexibility index (Phi) is 5.43. The molecule has 4 nitrogen and oxygen atoms in total. The summed E-state index contributed by atoms with van der Waals surface area (Å²) in [6.45, 7) is 4.85. The third-order valence-corrected chi connectivity index (χ3v) is 3.37. The molecule has 0 saturated carbocycles. The maximum absolute atomic E-state index is 6.18. The topological polar surface area (TPSA) is 53.1 Å². The first-order chi connectivity index (χ1) is 7.95. The summed E-state index contributed by atoms with van der Waals surface area (Å²) in [6, 6.07) is 0.0977. The summed E-state index contributed by atoms with van der Waals surface area (Å²) in [4.78, 5) is 0. The van der Waals surface area contributed by atoms with Crippen LogP contribution < -0.4 is 5.73 Å². The Labute approximate surface area is 108 Å². The van der Waals surface area contributed by atoms with Crippen molar-refractivity contribution in [1.29, 1.82) is 0 Å². The average Bonchev–Trinajstić information content (AvgIpc) is 2.45. The van der Waals surface area contributed by atoms with E-state index in [2.05, 4.69) is 12.0 Å². The number of aryl methyl sites for hydroxylation is 2. The molecule has 0 spiro atoms. The molecule has 0 fully saturated rings. The number of hydrogen-bond donors (Lipinski definition) is 1. The van der Waals surface area contributed by atoms with Crippen LogP contribution in [0.15, 0.2) is 0 Å². The van der Waals surface area contributed by atoms with E-state index in [4.69, 9.17) is 22.1 Å². The summed E-state index contributed by atoms with van der Waals surface area (Å²) in [5.74, 6) is 0.464. The van der Waals surface area contributed by atoms with E-state index < -0.39 is 0 Å². The van der Waals surface area contributed by atoms with Gasteiger partial charge in [-0.15, -0.1) is 0 Å². The van der Waals surface area contributed by atoms with Crippen molar-refractivity contribution in [2.24, 2.45) is 18.7 Å². The fourth-order valence-corrected chi connectivity index (χ4v) is 2.37. The van der Waals surface area contributed by atoms with Gasteiger partial charge in [0.1, 0.15) is 5.15 Å². The van der Waals surface area contributed by atoms with E-state index >= 15 is 0 Å². The Balaban J connectivity index is 2.58. The van der Waals surface area contributed by atoms with Crippen LogP contribution in [0.3, 0.4) is 0 Å². The van der Waals surface area contributed by atoms with Crippen LogP contribution in [0.25, 0.3) is 0 Å². The fourth-order valence-electron chi connectivity index (χ4n) is 2.12. The van der Waals surface area contributed by atoms with Crippen LogP contribution in [0.4, 0.5) is 0 Å². The van der Waals surface area contributed by atoms with Crippen molar-refractivity contribution in [1.82, 2.24) is 9.78 Å². The van der Waals surface area contributed by atoms with E-state index in [0.717, 1.165) is 30.7 Å². The number of ether oxygens (including phenoxy) is 1. The molecule has 0 radical (unpaired) electrons. The molecule has 0 saturated heterocycles. The quantitative estimate of drug-likeness (QED) is 0.849. The van der Waals surface area contributed by atoms with Crippen molar-refractivity contribution in [2.75, 3.05) is 13.7 Å². The normalized spacial score (nSPS) is 14.9. The molecule has 1 heterocycles. The molecule has 1 aromatic heterocycles. The van der Waals surface area contributed by atoms with Gasteiger partial charge in [-0.1, -0.05) is 18.5 Å². The number of aromatic nitrogens is 2. The van der Waals surface area contributed by atoms with E-state index in [-0.39, 0.29) is 6.04 Å². The standard InChI is InChI=1S/C12H22ClN3O/c1-8(7-17-4)5-10(14)6-11-9(2)15-16(3)12(11)13/h8,10H,5-7,14H2,1-4H3. The second kappa shape index (κ2) is 6.38. The van der Waals surface area contributed by atoms with E-state index in [1.54, 1.807) is 11.8 Å². The van der Waals surface area contributed by atoms with Gasteiger partial charge in [-0.05, 0) is 25.7 Å². The van der Waals surface area contributed by atoms with Crippen molar-refractivity contribution >= 4 is 11.6 Å². The van der Waals surface area contributed by atoms with Crippen LogP contribution >= 0.6 is 11.6 Å². The largest absolute Gasteiger partial charge is 0.384 e. The average molecular weight is 260 g/mol. The van der Waals surface area contributed by atoms with Crippen LogP contribution in [0.5, 0.6) is 0 Å². The molecule has 0 amide bonds. The predicted octanol–water partition coefficient (Wildman–Crippen LogP) is 1.92. The van der Waals surface area contributed by atoms with Gasteiger partial charge in [0.15, 0.2) is 0 Å². The zero-order valence-corrected chi connectivity index (χ0v) is 11.8. The zero-order valence-electron chi connectivity index (χ0n) is 11.0. The fraction of sp³-hybridized carbons (Fsp3) is 0.750. The molecule has 0 aliphatic carbocycles.